The van der Waals surface area contributed by atoms with Crippen LogP contribution in [0.3, 0.4) is 0 Å². The van der Waals surface area contributed by atoms with Crippen molar-refractivity contribution in [3.8, 4) is 0 Å². The van der Waals surface area contributed by atoms with Crippen LogP contribution in [0, 0.1) is 0 Å². The van der Waals surface area contributed by atoms with E-state index in [2.05, 4.69) is 43.7 Å². The van der Waals surface area contributed by atoms with Crippen molar-refractivity contribution in [1.82, 2.24) is 9.97 Å². The molecule has 0 radical (unpaired) electrons. The monoisotopic (exact) mass is 508 g/mol. The fourth-order valence-corrected chi connectivity index (χ4v) is 4.45. The van der Waals surface area contributed by atoms with Crippen molar-refractivity contribution in [3.63, 3.8) is 0 Å². The number of halogens is 4. The van der Waals surface area contributed by atoms with E-state index in [1.54, 1.807) is 42.6 Å². The zero-order chi connectivity index (χ0) is 21.2. The molecular formula is C18H13Cl4N2O3PS. The molecule has 0 spiro atoms. The number of H-pyrrole nitrogens is 1. The Kier molecular flexibility index (Phi) is 6.84. The second-order valence-corrected chi connectivity index (χ2v) is 15.0. The van der Waals surface area contributed by atoms with Crippen molar-refractivity contribution in [2.45, 2.75) is 10.6 Å². The highest BCUT2D eigenvalue weighted by molar-refractivity contribution is 8.24. The number of aromatic amines is 1. The fourth-order valence-electron chi connectivity index (χ4n) is 2.84. The number of nitrogens with zero attached hydrogens (tertiary/aromatic N) is 1. The lowest BCUT2D eigenvalue weighted by molar-refractivity contribution is 0.595. The van der Waals surface area contributed by atoms with E-state index in [0.29, 0.717) is 21.1 Å². The molecule has 1 N–H and O–H groups in total. The van der Waals surface area contributed by atoms with Crippen molar-refractivity contribution < 1.29 is 13.0 Å². The Morgan fingerprint density at radius 2 is 1.66 bits per heavy atom. The van der Waals surface area contributed by atoms with Gasteiger partial charge >= 0.3 is 5.20 Å². The van der Waals surface area contributed by atoms with E-state index < -0.39 is 15.0 Å². The lowest BCUT2D eigenvalue weighted by atomic mass is 10.1. The van der Waals surface area contributed by atoms with Gasteiger partial charge in [-0.15, -0.1) is 0 Å². The number of sulfone groups is 1. The first-order valence-electron chi connectivity index (χ1n) is 8.06. The Labute approximate surface area is 186 Å². The van der Waals surface area contributed by atoms with Crippen molar-refractivity contribution >= 4 is 82.3 Å². The van der Waals surface area contributed by atoms with Crippen LogP contribution in [-0.4, -0.2) is 18.4 Å². The van der Waals surface area contributed by atoms with Crippen molar-refractivity contribution in [1.29, 1.82) is 0 Å². The van der Waals surface area contributed by atoms with Crippen LogP contribution >= 0.6 is 50.5 Å². The van der Waals surface area contributed by atoms with Crippen LogP contribution in [0.15, 0.2) is 65.7 Å². The number of pyridine rings is 1. The molecule has 0 aliphatic heterocycles. The van der Waals surface area contributed by atoms with Gasteiger partial charge in [0.05, 0.1) is 15.7 Å². The molecule has 2 heterocycles. The minimum atomic E-state index is -3.39. The minimum Gasteiger partial charge on any atom is -0.339 e. The van der Waals surface area contributed by atoms with Gasteiger partial charge in [0.1, 0.15) is 5.65 Å². The second kappa shape index (κ2) is 8.84. The summed E-state index contributed by atoms with van der Waals surface area (Å²) in [5.41, 5.74) is 2.29. The average Bonchev–Trinajstić information content (AvgIpc) is 3.00. The first kappa shape index (κ1) is 22.4. The van der Waals surface area contributed by atoms with Crippen molar-refractivity contribution in [3.05, 3.63) is 71.4 Å². The SMILES string of the molecule is O=P(Cl)(Cl)Cl.O=S(=O)(Cc1ccc2[nH]c3nccc(Cl)c3c2c1)c1ccccc1. The number of rotatable bonds is 3. The van der Waals surface area contributed by atoms with Gasteiger partial charge in [0.2, 0.25) is 0 Å². The van der Waals surface area contributed by atoms with Crippen LogP contribution < -0.4 is 0 Å². The van der Waals surface area contributed by atoms with Crippen LogP contribution in [0.1, 0.15) is 5.56 Å². The maximum atomic E-state index is 12.6. The van der Waals surface area contributed by atoms with Gasteiger partial charge in [0.15, 0.2) is 9.84 Å². The highest BCUT2D eigenvalue weighted by atomic mass is 36.0. The lowest BCUT2D eigenvalue weighted by Crippen LogP contribution is -2.04. The molecule has 0 fully saturated rings. The van der Waals surface area contributed by atoms with Gasteiger partial charge in [-0.05, 0) is 69.6 Å². The molecule has 29 heavy (non-hydrogen) atoms. The van der Waals surface area contributed by atoms with Gasteiger partial charge in [0, 0.05) is 22.5 Å². The normalized spacial score (nSPS) is 12.0. The third-order valence-corrected chi connectivity index (χ3v) is 5.98. The third kappa shape index (κ3) is 5.88. The molecule has 0 saturated carbocycles. The van der Waals surface area contributed by atoms with Crippen LogP contribution in [0.25, 0.3) is 21.9 Å². The molecule has 0 bridgehead atoms. The first-order chi connectivity index (χ1) is 13.5. The van der Waals surface area contributed by atoms with Gasteiger partial charge in [-0.1, -0.05) is 35.9 Å². The summed E-state index contributed by atoms with van der Waals surface area (Å²) in [6.07, 6.45) is 1.64. The van der Waals surface area contributed by atoms with Crippen molar-refractivity contribution in [2.24, 2.45) is 0 Å². The standard InChI is InChI=1S/C18H13ClN2O2S.Cl3OP/c19-15-8-9-20-18-17(15)14-10-12(6-7-16(14)21-18)11-24(22,23)13-4-2-1-3-5-13;1-5(2,3)4/h1-10H,11H2,(H,20,21);. The maximum absolute atomic E-state index is 12.6. The lowest BCUT2D eigenvalue weighted by Gasteiger charge is -2.05. The van der Waals surface area contributed by atoms with Crippen molar-refractivity contribution in [2.75, 3.05) is 0 Å². The maximum Gasteiger partial charge on any atom is 0.339 e. The topological polar surface area (TPSA) is 79.9 Å². The molecule has 11 heteroatoms. The van der Waals surface area contributed by atoms with E-state index in [-0.39, 0.29) is 5.75 Å². The van der Waals surface area contributed by atoms with Crippen LogP contribution in [0.5, 0.6) is 0 Å². The fraction of sp³-hybridized carbons (Fsp3) is 0.0556. The number of hydrogen-bond donors (Lipinski definition) is 1. The van der Waals surface area contributed by atoms with E-state index in [4.69, 9.17) is 11.6 Å². The Morgan fingerprint density at radius 3 is 2.31 bits per heavy atom. The van der Waals surface area contributed by atoms with Crippen LogP contribution in [0.2, 0.25) is 5.02 Å². The van der Waals surface area contributed by atoms with E-state index in [1.807, 2.05) is 18.2 Å². The number of hydrogen-bond acceptors (Lipinski definition) is 4. The first-order valence-corrected chi connectivity index (χ1v) is 14.5. The second-order valence-electron chi connectivity index (χ2n) is 5.99. The highest BCUT2D eigenvalue weighted by Crippen LogP contribution is 2.61. The summed E-state index contributed by atoms with van der Waals surface area (Å²) in [5.74, 6) is -0.0580. The van der Waals surface area contributed by atoms with E-state index in [9.17, 15) is 13.0 Å². The molecule has 2 aromatic heterocycles. The Balaban J connectivity index is 0.000000431. The summed E-state index contributed by atoms with van der Waals surface area (Å²) in [5, 5.41) is -0.939. The molecule has 0 amide bonds. The summed E-state index contributed by atoms with van der Waals surface area (Å²) >= 11 is 20.1. The van der Waals surface area contributed by atoms with Crippen LogP contribution in [0.4, 0.5) is 0 Å². The smallest absolute Gasteiger partial charge is 0.339 e. The highest BCUT2D eigenvalue weighted by Gasteiger charge is 2.16. The minimum absolute atomic E-state index is 0.0580. The molecule has 0 aliphatic rings. The molecular weight excluding hydrogens is 497 g/mol. The third-order valence-electron chi connectivity index (χ3n) is 3.97. The largest absolute Gasteiger partial charge is 0.339 e. The average molecular weight is 510 g/mol. The molecule has 0 saturated heterocycles. The summed E-state index contributed by atoms with van der Waals surface area (Å²) in [6.45, 7) is 0. The summed E-state index contributed by atoms with van der Waals surface area (Å²) in [6, 6.07) is 15.7. The van der Waals surface area contributed by atoms with E-state index in [1.165, 1.54) is 0 Å². The summed E-state index contributed by atoms with van der Waals surface area (Å²) < 4.78 is 34.6. The molecule has 0 aliphatic carbocycles. The van der Waals surface area contributed by atoms with Gasteiger partial charge in [-0.3, -0.25) is 4.57 Å². The van der Waals surface area contributed by atoms with Gasteiger partial charge in [-0.2, -0.15) is 0 Å². The summed E-state index contributed by atoms with van der Waals surface area (Å²) in [7, 11) is -3.39. The molecule has 4 rings (SSSR count). The molecule has 4 aromatic rings. The summed E-state index contributed by atoms with van der Waals surface area (Å²) in [4.78, 5) is 7.79. The van der Waals surface area contributed by atoms with Gasteiger partial charge < -0.3 is 4.98 Å². The number of aromatic nitrogens is 2. The predicted octanol–water partition coefficient (Wildman–Crippen LogP) is 7.15. The van der Waals surface area contributed by atoms with Crippen LogP contribution in [-0.2, 0) is 20.2 Å². The quantitative estimate of drug-likeness (QED) is 0.297. The zero-order valence-electron chi connectivity index (χ0n) is 14.5. The Morgan fingerprint density at radius 1 is 1.00 bits per heavy atom. The van der Waals surface area contributed by atoms with E-state index in [0.717, 1.165) is 16.3 Å². The molecule has 5 nitrogen and oxygen atoms in total. The number of benzene rings is 2. The molecule has 0 unspecified atom stereocenters. The molecule has 0 atom stereocenters. The Hall–Kier alpha value is -1.27. The Bertz CT molecular complexity index is 1310. The molecule has 2 aromatic carbocycles. The van der Waals surface area contributed by atoms with Gasteiger partial charge in [0.25, 0.3) is 0 Å². The predicted molar refractivity (Wildman–Crippen MR) is 121 cm³/mol. The zero-order valence-corrected chi connectivity index (χ0v) is 19.3. The number of fused-ring (bicyclic) bond motifs is 3. The number of nitrogens with one attached hydrogen (secondary N) is 1. The molecule has 152 valence electrons. The van der Waals surface area contributed by atoms with E-state index >= 15 is 0 Å². The van der Waals surface area contributed by atoms with Gasteiger partial charge in [-0.25, -0.2) is 13.4 Å².